The van der Waals surface area contributed by atoms with Crippen LogP contribution in [0.25, 0.3) is 0 Å². The highest BCUT2D eigenvalue weighted by Crippen LogP contribution is 2.30. The van der Waals surface area contributed by atoms with Crippen molar-refractivity contribution in [3.05, 3.63) is 18.2 Å². The number of anilines is 2. The van der Waals surface area contributed by atoms with Gasteiger partial charge in [0.1, 0.15) is 5.75 Å². The lowest BCUT2D eigenvalue weighted by atomic mass is 10.0. The van der Waals surface area contributed by atoms with Crippen molar-refractivity contribution in [1.82, 2.24) is 0 Å². The van der Waals surface area contributed by atoms with Crippen molar-refractivity contribution in [3.8, 4) is 5.75 Å². The van der Waals surface area contributed by atoms with Gasteiger partial charge in [0.2, 0.25) is 0 Å². The van der Waals surface area contributed by atoms with Gasteiger partial charge in [0, 0.05) is 17.8 Å². The van der Waals surface area contributed by atoms with E-state index in [4.69, 9.17) is 10.5 Å². The molecular formula is C13H19N3O2. The van der Waals surface area contributed by atoms with Crippen molar-refractivity contribution in [1.29, 1.82) is 0 Å². The summed E-state index contributed by atoms with van der Waals surface area (Å²) in [5.41, 5.74) is 7.39. The first-order chi connectivity index (χ1) is 8.44. The lowest BCUT2D eigenvalue weighted by Crippen LogP contribution is -2.34. The maximum Gasteiger partial charge on any atom is 0.262 e. The minimum absolute atomic E-state index is 0.0845. The van der Waals surface area contributed by atoms with Crippen LogP contribution >= 0.6 is 0 Å². The highest BCUT2D eigenvalue weighted by Gasteiger charge is 2.16. The minimum atomic E-state index is -0.182. The smallest absolute Gasteiger partial charge is 0.262 e. The lowest BCUT2D eigenvalue weighted by Gasteiger charge is -2.21. The van der Waals surface area contributed by atoms with E-state index in [1.165, 1.54) is 0 Å². The van der Waals surface area contributed by atoms with Gasteiger partial charge in [-0.15, -0.1) is 0 Å². The van der Waals surface area contributed by atoms with Crippen LogP contribution in [0.15, 0.2) is 18.2 Å². The Morgan fingerprint density at radius 3 is 3.00 bits per heavy atom. The number of ether oxygens (including phenoxy) is 1. The fourth-order valence-electron chi connectivity index (χ4n) is 1.72. The van der Waals surface area contributed by atoms with Crippen molar-refractivity contribution in [2.24, 2.45) is 5.73 Å². The van der Waals surface area contributed by atoms with E-state index in [1.54, 1.807) is 0 Å². The van der Waals surface area contributed by atoms with Crippen LogP contribution in [0.4, 0.5) is 11.4 Å². The molecule has 0 bridgehead atoms. The molecule has 5 nitrogen and oxygen atoms in total. The van der Waals surface area contributed by atoms with Crippen LogP contribution in [0.5, 0.6) is 5.75 Å². The van der Waals surface area contributed by atoms with Gasteiger partial charge >= 0.3 is 0 Å². The summed E-state index contributed by atoms with van der Waals surface area (Å²) in [6.07, 6.45) is 0.868. The third-order valence-corrected chi connectivity index (χ3v) is 2.71. The van der Waals surface area contributed by atoms with Gasteiger partial charge in [0.05, 0.1) is 5.69 Å². The van der Waals surface area contributed by atoms with Gasteiger partial charge in [0.25, 0.3) is 5.91 Å². The zero-order valence-corrected chi connectivity index (χ0v) is 10.7. The third-order valence-electron chi connectivity index (χ3n) is 2.71. The molecule has 1 aliphatic heterocycles. The van der Waals surface area contributed by atoms with Gasteiger partial charge < -0.3 is 21.1 Å². The summed E-state index contributed by atoms with van der Waals surface area (Å²) in [6, 6.07) is 5.65. The monoisotopic (exact) mass is 249 g/mol. The normalized spacial score (nSPS) is 14.5. The van der Waals surface area contributed by atoms with E-state index in [2.05, 4.69) is 10.6 Å². The number of benzene rings is 1. The molecule has 0 fully saturated rings. The Morgan fingerprint density at radius 1 is 1.50 bits per heavy atom. The van der Waals surface area contributed by atoms with Gasteiger partial charge in [0.15, 0.2) is 6.61 Å². The Balaban J connectivity index is 1.98. The molecule has 0 aliphatic carbocycles. The number of nitrogens with one attached hydrogen (secondary N) is 2. The van der Waals surface area contributed by atoms with Gasteiger partial charge in [-0.05, 0) is 38.5 Å². The first-order valence-corrected chi connectivity index (χ1v) is 6.03. The maximum atomic E-state index is 11.2. The molecule has 1 amide bonds. The van der Waals surface area contributed by atoms with Crippen molar-refractivity contribution in [2.45, 2.75) is 25.8 Å². The summed E-state index contributed by atoms with van der Waals surface area (Å²) in [5, 5.41) is 6.06. The Labute approximate surface area is 107 Å². The molecule has 0 spiro atoms. The highest BCUT2D eigenvalue weighted by atomic mass is 16.5. The van der Waals surface area contributed by atoms with Crippen LogP contribution in [0.1, 0.15) is 20.3 Å². The van der Waals surface area contributed by atoms with Crippen molar-refractivity contribution < 1.29 is 9.53 Å². The van der Waals surface area contributed by atoms with Crippen molar-refractivity contribution in [2.75, 3.05) is 23.8 Å². The van der Waals surface area contributed by atoms with Crippen LogP contribution in [0.3, 0.4) is 0 Å². The molecule has 0 saturated heterocycles. The minimum Gasteiger partial charge on any atom is -0.482 e. The average molecular weight is 249 g/mol. The zero-order valence-electron chi connectivity index (χ0n) is 10.7. The molecule has 1 heterocycles. The number of carbonyl (C=O) groups excluding carboxylic acids is 1. The molecule has 0 atom stereocenters. The van der Waals surface area contributed by atoms with Gasteiger partial charge in [-0.1, -0.05) is 0 Å². The van der Waals surface area contributed by atoms with Gasteiger partial charge in [-0.3, -0.25) is 4.79 Å². The number of hydrogen-bond donors (Lipinski definition) is 3. The number of hydrogen-bond acceptors (Lipinski definition) is 4. The zero-order chi connectivity index (χ0) is 13.2. The predicted molar refractivity (Wildman–Crippen MR) is 71.9 cm³/mol. The van der Waals surface area contributed by atoms with Crippen molar-refractivity contribution in [3.63, 3.8) is 0 Å². The predicted octanol–water partition coefficient (Wildman–Crippen LogP) is 1.56. The molecule has 0 unspecified atom stereocenters. The molecular weight excluding hydrogens is 230 g/mol. The summed E-state index contributed by atoms with van der Waals surface area (Å²) in [5.74, 6) is 0.585. The maximum absolute atomic E-state index is 11.2. The van der Waals surface area contributed by atoms with E-state index in [9.17, 15) is 4.79 Å². The van der Waals surface area contributed by atoms with E-state index in [0.717, 1.165) is 18.7 Å². The Hall–Kier alpha value is -1.75. The Kier molecular flexibility index (Phi) is 3.43. The van der Waals surface area contributed by atoms with Gasteiger partial charge in [-0.25, -0.2) is 0 Å². The molecule has 0 aromatic heterocycles. The topological polar surface area (TPSA) is 76.4 Å². The molecule has 0 saturated carbocycles. The van der Waals surface area contributed by atoms with Crippen molar-refractivity contribution >= 4 is 17.3 Å². The molecule has 18 heavy (non-hydrogen) atoms. The number of carbonyl (C=O) groups is 1. The standard InChI is InChI=1S/C13H19N3O2/c1-13(2,14)5-6-15-9-3-4-11-10(7-9)16-12(17)8-18-11/h3-4,7,15H,5-6,8,14H2,1-2H3,(H,16,17). The molecule has 5 heteroatoms. The number of amides is 1. The molecule has 98 valence electrons. The quantitative estimate of drug-likeness (QED) is 0.757. The second-order valence-electron chi connectivity index (χ2n) is 5.21. The number of fused-ring (bicyclic) bond motifs is 1. The summed E-state index contributed by atoms with van der Waals surface area (Å²) >= 11 is 0. The Bertz CT molecular complexity index is 452. The summed E-state index contributed by atoms with van der Waals surface area (Å²) < 4.78 is 5.29. The summed E-state index contributed by atoms with van der Waals surface area (Å²) in [7, 11) is 0. The third kappa shape index (κ3) is 3.37. The fourth-order valence-corrected chi connectivity index (χ4v) is 1.72. The lowest BCUT2D eigenvalue weighted by molar-refractivity contribution is -0.118. The highest BCUT2D eigenvalue weighted by molar-refractivity contribution is 5.95. The SMILES string of the molecule is CC(C)(N)CCNc1ccc2c(c1)NC(=O)CO2. The summed E-state index contributed by atoms with van der Waals surface area (Å²) in [6.45, 7) is 4.86. The van der Waals surface area contributed by atoms with Crippen LogP contribution in [0.2, 0.25) is 0 Å². The second-order valence-corrected chi connectivity index (χ2v) is 5.21. The van der Waals surface area contributed by atoms with Crippen LogP contribution in [-0.2, 0) is 4.79 Å². The molecule has 2 rings (SSSR count). The van der Waals surface area contributed by atoms with Crippen LogP contribution in [-0.4, -0.2) is 24.6 Å². The van der Waals surface area contributed by atoms with E-state index in [1.807, 2.05) is 32.0 Å². The molecule has 1 aromatic rings. The summed E-state index contributed by atoms with van der Waals surface area (Å²) in [4.78, 5) is 11.2. The number of rotatable bonds is 4. The molecule has 1 aromatic carbocycles. The number of nitrogens with two attached hydrogens (primary N) is 1. The van der Waals surface area contributed by atoms with Crippen LogP contribution in [0, 0.1) is 0 Å². The molecule has 4 N–H and O–H groups in total. The molecule has 1 aliphatic rings. The average Bonchev–Trinajstić information content (AvgIpc) is 2.26. The van der Waals surface area contributed by atoms with E-state index in [0.29, 0.717) is 11.4 Å². The van der Waals surface area contributed by atoms with E-state index >= 15 is 0 Å². The molecule has 0 radical (unpaired) electrons. The second kappa shape index (κ2) is 4.86. The fraction of sp³-hybridized carbons (Fsp3) is 0.462. The first-order valence-electron chi connectivity index (χ1n) is 6.03. The van der Waals surface area contributed by atoms with Gasteiger partial charge in [-0.2, -0.15) is 0 Å². The van der Waals surface area contributed by atoms with E-state index < -0.39 is 0 Å². The largest absolute Gasteiger partial charge is 0.482 e. The first kappa shape index (κ1) is 12.7. The van der Waals surface area contributed by atoms with E-state index in [-0.39, 0.29) is 18.1 Å². The van der Waals surface area contributed by atoms with Crippen LogP contribution < -0.4 is 21.1 Å². The Morgan fingerprint density at radius 2 is 2.28 bits per heavy atom.